The Morgan fingerprint density at radius 1 is 1.41 bits per heavy atom. The van der Waals surface area contributed by atoms with E-state index in [1.165, 1.54) is 0 Å². The number of carbonyl (C=O) groups excluding carboxylic acids is 1. The third-order valence-electron chi connectivity index (χ3n) is 4.77. The van der Waals surface area contributed by atoms with E-state index in [2.05, 4.69) is 20.6 Å². The van der Waals surface area contributed by atoms with E-state index in [1.807, 2.05) is 20.2 Å². The quantitative estimate of drug-likeness (QED) is 0.641. The van der Waals surface area contributed by atoms with Gasteiger partial charge in [-0.25, -0.2) is 0 Å². The van der Waals surface area contributed by atoms with Crippen LogP contribution in [0.4, 0.5) is 0 Å². The number of carbonyl (C=O) groups is 1. The van der Waals surface area contributed by atoms with Gasteiger partial charge >= 0.3 is 0 Å². The van der Waals surface area contributed by atoms with Crippen molar-refractivity contribution in [2.45, 2.75) is 19.1 Å². The van der Waals surface area contributed by atoms with Crippen LogP contribution >= 0.6 is 0 Å². The van der Waals surface area contributed by atoms with Gasteiger partial charge < -0.3 is 25.7 Å². The van der Waals surface area contributed by atoms with Crippen LogP contribution in [0.3, 0.4) is 0 Å². The van der Waals surface area contributed by atoms with Gasteiger partial charge in [0.1, 0.15) is 18.1 Å². The lowest BCUT2D eigenvalue weighted by molar-refractivity contribution is -0.118. The largest absolute Gasteiger partial charge is 0.487 e. The van der Waals surface area contributed by atoms with Crippen LogP contribution in [0.2, 0.25) is 0 Å². The number of allylic oxidation sites excluding steroid dienone is 4. The van der Waals surface area contributed by atoms with Crippen molar-refractivity contribution in [2.75, 3.05) is 27.2 Å². The highest BCUT2D eigenvalue weighted by Gasteiger charge is 2.24. The highest BCUT2D eigenvalue weighted by atomic mass is 16.5. The molecule has 1 unspecified atom stereocenters. The molecular formula is C19H26N6O2. The lowest BCUT2D eigenvalue weighted by Gasteiger charge is -2.19. The highest BCUT2D eigenvalue weighted by molar-refractivity contribution is 6.14. The highest BCUT2D eigenvalue weighted by Crippen LogP contribution is 2.19. The molecule has 1 aliphatic heterocycles. The van der Waals surface area contributed by atoms with Gasteiger partial charge in [0.25, 0.3) is 5.91 Å². The minimum Gasteiger partial charge on any atom is -0.487 e. The predicted octanol–water partition coefficient (Wildman–Crippen LogP) is 0.704. The number of hydrogen-bond acceptors (Lipinski definition) is 6. The summed E-state index contributed by atoms with van der Waals surface area (Å²) in [7, 11) is 5.59. The van der Waals surface area contributed by atoms with Gasteiger partial charge in [-0.1, -0.05) is 0 Å². The second-order valence-electron chi connectivity index (χ2n) is 6.79. The molecule has 1 atom stereocenters. The molecule has 27 heavy (non-hydrogen) atoms. The SMILES string of the molecule is CN/C(C(=O)NC1CCN(C)C1)=C1/C=C(OCc2ccnn2C)C=CC1=N. The molecule has 3 rings (SSSR count). The van der Waals surface area contributed by atoms with Crippen LogP contribution in [0.5, 0.6) is 0 Å². The summed E-state index contributed by atoms with van der Waals surface area (Å²) in [5, 5.41) is 18.3. The van der Waals surface area contributed by atoms with Crippen molar-refractivity contribution >= 4 is 11.6 Å². The molecule has 8 nitrogen and oxygen atoms in total. The molecule has 0 saturated carbocycles. The Kier molecular flexibility index (Phi) is 5.75. The maximum absolute atomic E-state index is 12.7. The summed E-state index contributed by atoms with van der Waals surface area (Å²) >= 11 is 0. The van der Waals surface area contributed by atoms with Crippen molar-refractivity contribution < 1.29 is 9.53 Å². The zero-order chi connectivity index (χ0) is 19.4. The van der Waals surface area contributed by atoms with Gasteiger partial charge in [-0.3, -0.25) is 9.48 Å². The molecule has 1 aromatic rings. The van der Waals surface area contributed by atoms with Crippen LogP contribution < -0.4 is 10.6 Å². The Balaban J connectivity index is 1.74. The maximum atomic E-state index is 12.7. The minimum absolute atomic E-state index is 0.129. The molecule has 2 heterocycles. The maximum Gasteiger partial charge on any atom is 0.268 e. The first-order chi connectivity index (χ1) is 13.0. The normalized spacial score (nSPS) is 21.8. The number of amides is 1. The molecule has 0 radical (unpaired) electrons. The molecule has 144 valence electrons. The molecule has 0 aromatic carbocycles. The fourth-order valence-electron chi connectivity index (χ4n) is 3.20. The van der Waals surface area contributed by atoms with E-state index in [4.69, 9.17) is 10.1 Å². The second kappa shape index (κ2) is 8.22. The number of rotatable bonds is 6. The van der Waals surface area contributed by atoms with Crippen molar-refractivity contribution in [3.05, 3.63) is 53.2 Å². The molecular weight excluding hydrogens is 344 g/mol. The molecule has 1 aliphatic carbocycles. The predicted molar refractivity (Wildman–Crippen MR) is 103 cm³/mol. The van der Waals surface area contributed by atoms with E-state index in [0.717, 1.165) is 25.2 Å². The zero-order valence-electron chi connectivity index (χ0n) is 16.0. The van der Waals surface area contributed by atoms with Gasteiger partial charge in [0.15, 0.2) is 0 Å². The Bertz CT molecular complexity index is 820. The fourth-order valence-corrected chi connectivity index (χ4v) is 3.20. The fraction of sp³-hybridized carbons (Fsp3) is 0.421. The Labute approximate surface area is 159 Å². The first kappa shape index (κ1) is 18.9. The minimum atomic E-state index is -0.199. The van der Waals surface area contributed by atoms with Gasteiger partial charge in [-0.05, 0) is 44.3 Å². The standard InChI is InChI=1S/C19H26N6O2/c1-21-18(19(26)23-13-7-9-24(2)11-13)16-10-15(4-5-17(16)20)27-12-14-6-8-22-25(14)3/h4-6,8,10,13,20-21H,7,9,11-12H2,1-3H3,(H,23,26)/b18-16-,20-17?. The van der Waals surface area contributed by atoms with E-state index in [-0.39, 0.29) is 17.7 Å². The summed E-state index contributed by atoms with van der Waals surface area (Å²) in [5.74, 6) is 0.401. The average molecular weight is 370 g/mol. The van der Waals surface area contributed by atoms with Crippen molar-refractivity contribution in [3.63, 3.8) is 0 Å². The zero-order valence-corrected chi connectivity index (χ0v) is 16.0. The monoisotopic (exact) mass is 370 g/mol. The number of ether oxygens (including phenoxy) is 1. The Morgan fingerprint density at radius 3 is 2.85 bits per heavy atom. The lowest BCUT2D eigenvalue weighted by Crippen LogP contribution is -2.40. The summed E-state index contributed by atoms with van der Waals surface area (Å²) < 4.78 is 7.57. The summed E-state index contributed by atoms with van der Waals surface area (Å²) in [6, 6.07) is 2.01. The number of nitrogens with zero attached hydrogens (tertiary/aromatic N) is 3. The van der Waals surface area contributed by atoms with Gasteiger partial charge in [0.05, 0.1) is 11.4 Å². The third-order valence-corrected chi connectivity index (χ3v) is 4.77. The molecule has 0 bridgehead atoms. The topological polar surface area (TPSA) is 95.3 Å². The van der Waals surface area contributed by atoms with Crippen LogP contribution in [0.25, 0.3) is 0 Å². The molecule has 0 spiro atoms. The van der Waals surface area contributed by atoms with Crippen LogP contribution in [-0.2, 0) is 23.2 Å². The summed E-state index contributed by atoms with van der Waals surface area (Å²) in [6.45, 7) is 2.17. The average Bonchev–Trinajstić information content (AvgIpc) is 3.24. The summed E-state index contributed by atoms with van der Waals surface area (Å²) in [6.07, 6.45) is 7.75. The van der Waals surface area contributed by atoms with Gasteiger partial charge in [0.2, 0.25) is 0 Å². The van der Waals surface area contributed by atoms with E-state index >= 15 is 0 Å². The molecule has 8 heteroatoms. The Hall–Kier alpha value is -2.87. The first-order valence-electron chi connectivity index (χ1n) is 8.97. The van der Waals surface area contributed by atoms with Crippen molar-refractivity contribution in [1.29, 1.82) is 5.41 Å². The smallest absolute Gasteiger partial charge is 0.268 e. The number of aryl methyl sites for hydroxylation is 1. The molecule has 1 aromatic heterocycles. The van der Waals surface area contributed by atoms with E-state index in [0.29, 0.717) is 23.6 Å². The van der Waals surface area contributed by atoms with Crippen molar-refractivity contribution in [3.8, 4) is 0 Å². The lowest BCUT2D eigenvalue weighted by atomic mass is 10.0. The molecule has 3 N–H and O–H groups in total. The number of aromatic nitrogens is 2. The molecule has 1 amide bonds. The van der Waals surface area contributed by atoms with Crippen LogP contribution in [0.15, 0.2) is 47.5 Å². The van der Waals surface area contributed by atoms with E-state index in [9.17, 15) is 4.79 Å². The van der Waals surface area contributed by atoms with E-state index < -0.39 is 0 Å². The second-order valence-corrected chi connectivity index (χ2v) is 6.79. The number of likely N-dealkylation sites (tertiary alicyclic amines) is 1. The van der Waals surface area contributed by atoms with Crippen LogP contribution in [0, 0.1) is 5.41 Å². The van der Waals surface area contributed by atoms with Gasteiger partial charge in [-0.2, -0.15) is 5.10 Å². The van der Waals surface area contributed by atoms with Gasteiger partial charge in [0, 0.05) is 38.5 Å². The first-order valence-corrected chi connectivity index (χ1v) is 8.97. The van der Waals surface area contributed by atoms with Crippen LogP contribution in [-0.4, -0.2) is 59.5 Å². The summed E-state index contributed by atoms with van der Waals surface area (Å²) in [5.41, 5.74) is 2.10. The van der Waals surface area contributed by atoms with Crippen molar-refractivity contribution in [2.24, 2.45) is 7.05 Å². The number of nitrogens with one attached hydrogen (secondary N) is 3. The van der Waals surface area contributed by atoms with Crippen LogP contribution in [0.1, 0.15) is 12.1 Å². The van der Waals surface area contributed by atoms with Crippen molar-refractivity contribution in [1.82, 2.24) is 25.3 Å². The number of hydrogen-bond donors (Lipinski definition) is 3. The van der Waals surface area contributed by atoms with Gasteiger partial charge in [-0.15, -0.1) is 0 Å². The number of likely N-dealkylation sites (N-methyl/N-ethyl adjacent to an activating group) is 2. The Morgan fingerprint density at radius 2 is 2.22 bits per heavy atom. The molecule has 2 aliphatic rings. The molecule has 1 saturated heterocycles. The third kappa shape index (κ3) is 4.46. The summed E-state index contributed by atoms with van der Waals surface area (Å²) in [4.78, 5) is 14.9. The van der Waals surface area contributed by atoms with E-state index in [1.54, 1.807) is 36.2 Å². The molecule has 1 fully saturated rings.